The molecule has 1 aliphatic rings. The summed E-state index contributed by atoms with van der Waals surface area (Å²) in [6.07, 6.45) is 3.80. The average molecular weight is 377 g/mol. The number of likely N-dealkylation sites (tertiary alicyclic amines) is 1. The summed E-state index contributed by atoms with van der Waals surface area (Å²) >= 11 is 0. The highest BCUT2D eigenvalue weighted by atomic mass is 16.3. The summed E-state index contributed by atoms with van der Waals surface area (Å²) in [5.41, 5.74) is 2.65. The molecular weight excluding hydrogens is 354 g/mol. The molecule has 0 spiro atoms. The Morgan fingerprint density at radius 1 is 1.14 bits per heavy atom. The molecular formula is C22H23N3O3. The van der Waals surface area contributed by atoms with Crippen LogP contribution < -0.4 is 5.32 Å². The first kappa shape index (κ1) is 18.1. The van der Waals surface area contributed by atoms with Gasteiger partial charge in [-0.25, -0.2) is 0 Å². The molecule has 6 nitrogen and oxygen atoms in total. The summed E-state index contributed by atoms with van der Waals surface area (Å²) in [7, 11) is 0. The van der Waals surface area contributed by atoms with E-state index in [2.05, 4.69) is 10.3 Å². The van der Waals surface area contributed by atoms with E-state index in [1.807, 2.05) is 30.5 Å². The standard InChI is InChI=1S/C22H23N3O3/c26-18-9-7-17(8-10-18)24-22(28)15-4-3-11-25(14-15)21(27)12-16-13-23-20-6-2-1-5-19(16)20/h1-2,5-10,13,15,23,26H,3-4,11-12,14H2,(H,24,28). The number of hydrogen-bond acceptors (Lipinski definition) is 3. The Morgan fingerprint density at radius 3 is 2.75 bits per heavy atom. The second-order valence-electron chi connectivity index (χ2n) is 7.25. The summed E-state index contributed by atoms with van der Waals surface area (Å²) < 4.78 is 0. The molecule has 144 valence electrons. The molecule has 1 saturated heterocycles. The Bertz CT molecular complexity index is 994. The number of aromatic amines is 1. The van der Waals surface area contributed by atoms with Crippen molar-refractivity contribution in [1.82, 2.24) is 9.88 Å². The van der Waals surface area contributed by atoms with Crippen LogP contribution in [-0.4, -0.2) is 39.9 Å². The second kappa shape index (κ2) is 7.76. The van der Waals surface area contributed by atoms with Crippen LogP contribution in [0, 0.1) is 5.92 Å². The van der Waals surface area contributed by atoms with E-state index in [9.17, 15) is 14.7 Å². The molecule has 0 bridgehead atoms. The van der Waals surface area contributed by atoms with Gasteiger partial charge in [0.15, 0.2) is 0 Å². The number of rotatable bonds is 4. The minimum absolute atomic E-state index is 0.0480. The van der Waals surface area contributed by atoms with Gasteiger partial charge in [-0.1, -0.05) is 18.2 Å². The molecule has 1 unspecified atom stereocenters. The van der Waals surface area contributed by atoms with Crippen molar-refractivity contribution in [2.24, 2.45) is 5.92 Å². The zero-order valence-electron chi connectivity index (χ0n) is 15.5. The van der Waals surface area contributed by atoms with Crippen LogP contribution in [0.3, 0.4) is 0 Å². The number of benzene rings is 2. The predicted octanol–water partition coefficient (Wildman–Crippen LogP) is 3.29. The van der Waals surface area contributed by atoms with Crippen LogP contribution in [-0.2, 0) is 16.0 Å². The highest BCUT2D eigenvalue weighted by molar-refractivity contribution is 5.93. The van der Waals surface area contributed by atoms with E-state index in [4.69, 9.17) is 0 Å². The van der Waals surface area contributed by atoms with E-state index in [0.717, 1.165) is 29.3 Å². The van der Waals surface area contributed by atoms with Crippen LogP contribution in [0.2, 0.25) is 0 Å². The van der Waals surface area contributed by atoms with Crippen molar-refractivity contribution in [1.29, 1.82) is 0 Å². The fourth-order valence-corrected chi connectivity index (χ4v) is 3.76. The van der Waals surface area contributed by atoms with Gasteiger partial charge in [0, 0.05) is 35.9 Å². The van der Waals surface area contributed by atoms with Gasteiger partial charge in [0.25, 0.3) is 0 Å². The monoisotopic (exact) mass is 377 g/mol. The van der Waals surface area contributed by atoms with Gasteiger partial charge in [0.05, 0.1) is 12.3 Å². The fraction of sp³-hybridized carbons (Fsp3) is 0.273. The summed E-state index contributed by atoms with van der Waals surface area (Å²) in [4.78, 5) is 30.4. The number of nitrogens with one attached hydrogen (secondary N) is 2. The topological polar surface area (TPSA) is 85.4 Å². The Balaban J connectivity index is 1.39. The van der Waals surface area contributed by atoms with Gasteiger partial charge in [-0.3, -0.25) is 9.59 Å². The number of fused-ring (bicyclic) bond motifs is 1. The average Bonchev–Trinajstić information content (AvgIpc) is 3.13. The predicted molar refractivity (Wildman–Crippen MR) is 108 cm³/mol. The first-order chi connectivity index (χ1) is 13.6. The van der Waals surface area contributed by atoms with Gasteiger partial charge in [-0.2, -0.15) is 0 Å². The maximum absolute atomic E-state index is 12.8. The van der Waals surface area contributed by atoms with E-state index >= 15 is 0 Å². The number of carbonyl (C=O) groups excluding carboxylic acids is 2. The smallest absolute Gasteiger partial charge is 0.229 e. The second-order valence-corrected chi connectivity index (χ2v) is 7.25. The van der Waals surface area contributed by atoms with Crippen molar-refractivity contribution in [3.05, 3.63) is 60.3 Å². The summed E-state index contributed by atoms with van der Waals surface area (Å²) in [6, 6.07) is 14.3. The van der Waals surface area contributed by atoms with Gasteiger partial charge >= 0.3 is 0 Å². The van der Waals surface area contributed by atoms with E-state index < -0.39 is 0 Å². The molecule has 28 heavy (non-hydrogen) atoms. The first-order valence-electron chi connectivity index (χ1n) is 9.53. The molecule has 0 saturated carbocycles. The van der Waals surface area contributed by atoms with E-state index in [1.54, 1.807) is 17.0 Å². The highest BCUT2D eigenvalue weighted by Gasteiger charge is 2.28. The SMILES string of the molecule is O=C(Nc1ccc(O)cc1)C1CCCN(C(=O)Cc2c[nH]c3ccccc23)C1. The molecule has 1 aliphatic heterocycles. The Kier molecular flexibility index (Phi) is 5.02. The molecule has 2 heterocycles. The third kappa shape index (κ3) is 3.86. The van der Waals surface area contributed by atoms with Gasteiger partial charge < -0.3 is 20.3 Å². The van der Waals surface area contributed by atoms with E-state index in [1.165, 1.54) is 12.1 Å². The van der Waals surface area contributed by atoms with Crippen molar-refractivity contribution in [3.8, 4) is 5.75 Å². The van der Waals surface area contributed by atoms with Gasteiger partial charge in [-0.05, 0) is 48.7 Å². The number of phenols is 1. The number of nitrogens with zero attached hydrogens (tertiary/aromatic N) is 1. The summed E-state index contributed by atoms with van der Waals surface area (Å²) in [5, 5.41) is 13.3. The number of phenolic OH excluding ortho intramolecular Hbond substituents is 1. The number of H-pyrrole nitrogens is 1. The maximum atomic E-state index is 12.8. The molecule has 1 atom stereocenters. The maximum Gasteiger partial charge on any atom is 0.229 e. The number of para-hydroxylation sites is 1. The largest absolute Gasteiger partial charge is 0.508 e. The van der Waals surface area contributed by atoms with Crippen molar-refractivity contribution in [2.45, 2.75) is 19.3 Å². The fourth-order valence-electron chi connectivity index (χ4n) is 3.76. The van der Waals surface area contributed by atoms with Crippen LogP contribution in [0.1, 0.15) is 18.4 Å². The summed E-state index contributed by atoms with van der Waals surface area (Å²) in [5.74, 6) is -0.110. The third-order valence-corrected chi connectivity index (χ3v) is 5.30. The Hall–Kier alpha value is -3.28. The number of aromatic hydroxyl groups is 1. The molecule has 2 aromatic carbocycles. The number of anilines is 1. The molecule has 1 fully saturated rings. The Morgan fingerprint density at radius 2 is 1.93 bits per heavy atom. The van der Waals surface area contributed by atoms with Crippen LogP contribution in [0.4, 0.5) is 5.69 Å². The van der Waals surface area contributed by atoms with Crippen molar-refractivity contribution < 1.29 is 14.7 Å². The number of carbonyl (C=O) groups is 2. The van der Waals surface area contributed by atoms with Crippen molar-refractivity contribution >= 4 is 28.4 Å². The van der Waals surface area contributed by atoms with Crippen LogP contribution >= 0.6 is 0 Å². The van der Waals surface area contributed by atoms with E-state index in [0.29, 0.717) is 25.2 Å². The molecule has 6 heteroatoms. The molecule has 2 amide bonds. The first-order valence-corrected chi connectivity index (χ1v) is 9.53. The number of aromatic nitrogens is 1. The summed E-state index contributed by atoms with van der Waals surface area (Å²) in [6.45, 7) is 1.12. The van der Waals surface area contributed by atoms with Gasteiger partial charge in [-0.15, -0.1) is 0 Å². The van der Waals surface area contributed by atoms with Crippen LogP contribution in [0.5, 0.6) is 5.75 Å². The van der Waals surface area contributed by atoms with Gasteiger partial charge in [0.2, 0.25) is 11.8 Å². The number of amides is 2. The quantitative estimate of drug-likeness (QED) is 0.610. The third-order valence-electron chi connectivity index (χ3n) is 5.30. The normalized spacial score (nSPS) is 16.9. The van der Waals surface area contributed by atoms with Crippen molar-refractivity contribution in [3.63, 3.8) is 0 Å². The highest BCUT2D eigenvalue weighted by Crippen LogP contribution is 2.23. The van der Waals surface area contributed by atoms with E-state index in [-0.39, 0.29) is 23.5 Å². The number of hydrogen-bond donors (Lipinski definition) is 3. The van der Waals surface area contributed by atoms with Crippen LogP contribution in [0.15, 0.2) is 54.7 Å². The minimum Gasteiger partial charge on any atom is -0.508 e. The van der Waals surface area contributed by atoms with Crippen molar-refractivity contribution in [2.75, 3.05) is 18.4 Å². The number of piperidine rings is 1. The lowest BCUT2D eigenvalue weighted by atomic mass is 9.96. The zero-order valence-corrected chi connectivity index (χ0v) is 15.5. The lowest BCUT2D eigenvalue weighted by molar-refractivity contribution is -0.133. The Labute approximate surface area is 163 Å². The molecule has 0 aliphatic carbocycles. The van der Waals surface area contributed by atoms with Crippen LogP contribution in [0.25, 0.3) is 10.9 Å². The lowest BCUT2D eigenvalue weighted by Gasteiger charge is -2.32. The molecule has 1 aromatic heterocycles. The molecule has 0 radical (unpaired) electrons. The lowest BCUT2D eigenvalue weighted by Crippen LogP contribution is -2.44. The minimum atomic E-state index is -0.227. The zero-order chi connectivity index (χ0) is 19.5. The molecule has 3 aromatic rings. The molecule has 3 N–H and O–H groups in total. The van der Waals surface area contributed by atoms with Gasteiger partial charge in [0.1, 0.15) is 5.75 Å². The molecule has 4 rings (SSSR count).